The molecule has 1 fully saturated rings. The molecule has 1 aromatic carbocycles. The third-order valence-corrected chi connectivity index (χ3v) is 6.65. The van der Waals surface area contributed by atoms with Crippen molar-refractivity contribution in [2.75, 3.05) is 13.1 Å². The Hall–Kier alpha value is -0.910. The van der Waals surface area contributed by atoms with Gasteiger partial charge in [0.05, 0.1) is 4.90 Å². The van der Waals surface area contributed by atoms with Gasteiger partial charge in [0.15, 0.2) is 0 Å². The normalized spacial score (nSPS) is 24.2. The highest BCUT2D eigenvalue weighted by molar-refractivity contribution is 7.89. The molecular weight excluding hydrogens is 284 g/mol. The van der Waals surface area contributed by atoms with Crippen LogP contribution >= 0.6 is 0 Å². The van der Waals surface area contributed by atoms with E-state index in [2.05, 4.69) is 6.92 Å². The van der Waals surface area contributed by atoms with E-state index in [1.54, 1.807) is 4.31 Å². The maximum Gasteiger partial charge on any atom is 0.243 e. The van der Waals surface area contributed by atoms with E-state index in [0.29, 0.717) is 18.0 Å². The largest absolute Gasteiger partial charge is 0.327 e. The van der Waals surface area contributed by atoms with Gasteiger partial charge in [-0.1, -0.05) is 31.0 Å². The van der Waals surface area contributed by atoms with Crippen LogP contribution in [0.3, 0.4) is 0 Å². The van der Waals surface area contributed by atoms with Crippen molar-refractivity contribution in [2.45, 2.75) is 51.5 Å². The molecule has 1 aromatic rings. The molecule has 0 aliphatic carbocycles. The fourth-order valence-electron chi connectivity index (χ4n) is 3.37. The van der Waals surface area contributed by atoms with Crippen molar-refractivity contribution in [3.63, 3.8) is 0 Å². The van der Waals surface area contributed by atoms with Crippen LogP contribution in [0.2, 0.25) is 0 Å². The van der Waals surface area contributed by atoms with Gasteiger partial charge in [-0.15, -0.1) is 0 Å². The number of aryl methyl sites for hydroxylation is 3. The Balaban J connectivity index is 2.39. The first-order chi connectivity index (χ1) is 9.77. The molecule has 2 rings (SSSR count). The summed E-state index contributed by atoms with van der Waals surface area (Å²) in [4.78, 5) is 0.471. The van der Waals surface area contributed by atoms with Gasteiger partial charge in [0, 0.05) is 19.1 Å². The van der Waals surface area contributed by atoms with E-state index < -0.39 is 10.0 Å². The molecule has 0 radical (unpaired) electrons. The fraction of sp³-hybridized carbons (Fsp3) is 0.625. The molecule has 1 aliphatic rings. The van der Waals surface area contributed by atoms with Gasteiger partial charge in [-0.05, 0) is 44.2 Å². The maximum atomic E-state index is 13.0. The molecule has 2 N–H and O–H groups in total. The molecule has 4 nitrogen and oxygen atoms in total. The number of nitrogens with zero attached hydrogens (tertiary/aromatic N) is 1. The van der Waals surface area contributed by atoms with Gasteiger partial charge >= 0.3 is 0 Å². The predicted octanol–water partition coefficient (Wildman–Crippen LogP) is 2.36. The number of hydrogen-bond donors (Lipinski definition) is 1. The van der Waals surface area contributed by atoms with Crippen LogP contribution in [0.5, 0.6) is 0 Å². The molecule has 0 amide bonds. The lowest BCUT2D eigenvalue weighted by Crippen LogP contribution is -2.49. The molecule has 1 aliphatic heterocycles. The first-order valence-electron chi connectivity index (χ1n) is 7.61. The fourth-order valence-corrected chi connectivity index (χ4v) is 5.29. The Bertz CT molecular complexity index is 602. The number of sulfonamides is 1. The first kappa shape index (κ1) is 16.5. The highest BCUT2D eigenvalue weighted by Gasteiger charge is 2.34. The molecule has 21 heavy (non-hydrogen) atoms. The van der Waals surface area contributed by atoms with E-state index in [4.69, 9.17) is 5.73 Å². The summed E-state index contributed by atoms with van der Waals surface area (Å²) in [5.41, 5.74) is 8.84. The topological polar surface area (TPSA) is 63.4 Å². The molecule has 118 valence electrons. The molecule has 0 aromatic heterocycles. The highest BCUT2D eigenvalue weighted by Crippen LogP contribution is 2.29. The molecular formula is C16H26N2O2S. The summed E-state index contributed by atoms with van der Waals surface area (Å²) >= 11 is 0. The number of benzene rings is 1. The maximum absolute atomic E-state index is 13.0. The van der Waals surface area contributed by atoms with Gasteiger partial charge in [0.2, 0.25) is 10.0 Å². The Labute approximate surface area is 128 Å². The van der Waals surface area contributed by atoms with Crippen molar-refractivity contribution >= 4 is 10.0 Å². The Morgan fingerprint density at radius 3 is 2.33 bits per heavy atom. The summed E-state index contributed by atoms with van der Waals surface area (Å²) in [5, 5.41) is 0. The monoisotopic (exact) mass is 310 g/mol. The third-order valence-electron chi connectivity index (χ3n) is 4.48. The smallest absolute Gasteiger partial charge is 0.243 e. The molecule has 1 saturated heterocycles. The Kier molecular flexibility index (Phi) is 4.76. The number of hydrogen-bond acceptors (Lipinski definition) is 3. The van der Waals surface area contributed by atoms with E-state index in [-0.39, 0.29) is 12.0 Å². The van der Waals surface area contributed by atoms with Crippen LogP contribution in [0.25, 0.3) is 0 Å². The first-order valence-corrected chi connectivity index (χ1v) is 9.05. The molecule has 0 bridgehead atoms. The molecule has 2 atom stereocenters. The predicted molar refractivity (Wildman–Crippen MR) is 85.8 cm³/mol. The standard InChI is InChI=1S/C16H26N2O2S/c1-5-14-10-18(7-6-15(14)17)21(19,20)16-12(3)8-11(2)9-13(16)4/h8-9,14-15H,5-7,10,17H2,1-4H3. The minimum Gasteiger partial charge on any atom is -0.327 e. The minimum absolute atomic E-state index is 0.113. The lowest BCUT2D eigenvalue weighted by molar-refractivity contribution is 0.230. The summed E-state index contributed by atoms with van der Waals surface area (Å²) in [6, 6.07) is 3.99. The zero-order valence-electron chi connectivity index (χ0n) is 13.4. The summed E-state index contributed by atoms with van der Waals surface area (Å²) < 4.78 is 27.6. The number of piperidine rings is 1. The zero-order chi connectivity index (χ0) is 15.8. The van der Waals surface area contributed by atoms with E-state index >= 15 is 0 Å². The zero-order valence-corrected chi connectivity index (χ0v) is 14.2. The van der Waals surface area contributed by atoms with Crippen LogP contribution in [0.1, 0.15) is 36.5 Å². The Morgan fingerprint density at radius 2 is 1.81 bits per heavy atom. The van der Waals surface area contributed by atoms with Crippen molar-refractivity contribution in [1.29, 1.82) is 0 Å². The highest BCUT2D eigenvalue weighted by atomic mass is 32.2. The van der Waals surface area contributed by atoms with Crippen LogP contribution in [0, 0.1) is 26.7 Å². The van der Waals surface area contributed by atoms with Crippen LogP contribution in [-0.4, -0.2) is 31.9 Å². The number of rotatable bonds is 3. The van der Waals surface area contributed by atoms with Crippen molar-refractivity contribution in [1.82, 2.24) is 4.31 Å². The second-order valence-electron chi connectivity index (χ2n) is 6.21. The van der Waals surface area contributed by atoms with Gasteiger partial charge in [-0.3, -0.25) is 0 Å². The minimum atomic E-state index is -3.43. The van der Waals surface area contributed by atoms with Crippen molar-refractivity contribution in [3.8, 4) is 0 Å². The number of nitrogens with two attached hydrogens (primary N) is 1. The average molecular weight is 310 g/mol. The second kappa shape index (κ2) is 6.07. The summed E-state index contributed by atoms with van der Waals surface area (Å²) in [5.74, 6) is 0.250. The van der Waals surface area contributed by atoms with E-state index in [9.17, 15) is 8.42 Å². The van der Waals surface area contributed by atoms with E-state index in [1.165, 1.54) is 0 Å². The van der Waals surface area contributed by atoms with Crippen LogP contribution < -0.4 is 5.73 Å². The molecule has 5 heteroatoms. The van der Waals surface area contributed by atoms with Crippen molar-refractivity contribution in [3.05, 3.63) is 28.8 Å². The van der Waals surface area contributed by atoms with Gasteiger partial charge in [0.1, 0.15) is 0 Å². The van der Waals surface area contributed by atoms with Crippen LogP contribution in [0.4, 0.5) is 0 Å². The van der Waals surface area contributed by atoms with Gasteiger partial charge in [-0.2, -0.15) is 4.31 Å². The summed E-state index contributed by atoms with van der Waals surface area (Å²) in [6.45, 7) is 8.87. The molecule has 2 unspecified atom stereocenters. The third kappa shape index (κ3) is 3.15. The van der Waals surface area contributed by atoms with Crippen molar-refractivity contribution in [2.24, 2.45) is 11.7 Å². The van der Waals surface area contributed by atoms with E-state index in [1.807, 2.05) is 32.9 Å². The lowest BCUT2D eigenvalue weighted by atomic mass is 9.92. The quantitative estimate of drug-likeness (QED) is 0.932. The molecule has 0 saturated carbocycles. The Morgan fingerprint density at radius 1 is 1.24 bits per heavy atom. The van der Waals surface area contributed by atoms with E-state index in [0.717, 1.165) is 29.5 Å². The van der Waals surface area contributed by atoms with Gasteiger partial charge in [-0.25, -0.2) is 8.42 Å². The van der Waals surface area contributed by atoms with Gasteiger partial charge < -0.3 is 5.73 Å². The SMILES string of the molecule is CCC1CN(S(=O)(=O)c2c(C)cc(C)cc2C)CCC1N. The summed E-state index contributed by atoms with van der Waals surface area (Å²) in [7, 11) is -3.43. The lowest BCUT2D eigenvalue weighted by Gasteiger charge is -2.36. The average Bonchev–Trinajstić information content (AvgIpc) is 2.37. The van der Waals surface area contributed by atoms with Gasteiger partial charge in [0.25, 0.3) is 0 Å². The molecule has 0 spiro atoms. The molecule has 1 heterocycles. The van der Waals surface area contributed by atoms with Crippen molar-refractivity contribution < 1.29 is 8.42 Å². The second-order valence-corrected chi connectivity index (χ2v) is 8.09. The van der Waals surface area contributed by atoms with Crippen LogP contribution in [-0.2, 0) is 10.0 Å². The summed E-state index contributed by atoms with van der Waals surface area (Å²) in [6.07, 6.45) is 1.65. The van der Waals surface area contributed by atoms with Crippen LogP contribution in [0.15, 0.2) is 17.0 Å².